The first-order valence-corrected chi connectivity index (χ1v) is 7.36. The van der Waals surface area contributed by atoms with Gasteiger partial charge in [-0.15, -0.1) is 0 Å². The second kappa shape index (κ2) is 6.64. The van der Waals surface area contributed by atoms with Crippen molar-refractivity contribution in [2.75, 3.05) is 26.2 Å². The molecule has 0 aromatic carbocycles. The van der Waals surface area contributed by atoms with Crippen molar-refractivity contribution in [1.29, 1.82) is 0 Å². The number of carbonyl (C=O) groups is 1. The van der Waals surface area contributed by atoms with E-state index < -0.39 is 18.3 Å². The zero-order valence-corrected chi connectivity index (χ0v) is 11.6. The van der Waals surface area contributed by atoms with Crippen molar-refractivity contribution in [2.45, 2.75) is 39.0 Å². The van der Waals surface area contributed by atoms with Gasteiger partial charge in [0.1, 0.15) is 0 Å². The third kappa shape index (κ3) is 4.41. The number of amides is 1. The van der Waals surface area contributed by atoms with Crippen molar-refractivity contribution in [3.63, 3.8) is 0 Å². The number of halogens is 2. The van der Waals surface area contributed by atoms with Crippen LogP contribution in [0.15, 0.2) is 0 Å². The molecular weight excluding hydrogens is 250 g/mol. The number of likely N-dealkylation sites (tertiary alicyclic amines) is 1. The first-order chi connectivity index (χ1) is 9.08. The van der Waals surface area contributed by atoms with Crippen molar-refractivity contribution in [1.82, 2.24) is 10.2 Å². The van der Waals surface area contributed by atoms with Crippen molar-refractivity contribution < 1.29 is 13.6 Å². The minimum Gasteiger partial charge on any atom is -0.356 e. The Balaban J connectivity index is 1.53. The third-order valence-electron chi connectivity index (χ3n) is 4.19. The van der Waals surface area contributed by atoms with Crippen LogP contribution >= 0.6 is 0 Å². The Hall–Kier alpha value is -0.710. The van der Waals surface area contributed by atoms with E-state index in [2.05, 4.69) is 17.1 Å². The lowest BCUT2D eigenvalue weighted by Crippen LogP contribution is -2.36. The Bertz CT molecular complexity index is 312. The molecule has 2 fully saturated rings. The van der Waals surface area contributed by atoms with Gasteiger partial charge in [0.25, 0.3) is 0 Å². The standard InChI is InChI=1S/C14H24F2N2O/c1-10-4-2-6-18(9-10)7-3-5-17-14(19)12-8-11(12)13(15)16/h10-13H,2-9H2,1H3,(H,17,19)/t10-,11+,12+/m1/s1. The second-order valence-corrected chi connectivity index (χ2v) is 6.03. The van der Waals surface area contributed by atoms with Crippen LogP contribution in [0, 0.1) is 17.8 Å². The fraction of sp³-hybridized carbons (Fsp3) is 0.929. The van der Waals surface area contributed by atoms with Gasteiger partial charge in [-0.3, -0.25) is 4.79 Å². The number of alkyl halides is 2. The van der Waals surface area contributed by atoms with Gasteiger partial charge < -0.3 is 10.2 Å². The van der Waals surface area contributed by atoms with E-state index in [4.69, 9.17) is 0 Å². The maximum Gasteiger partial charge on any atom is 0.242 e. The number of nitrogens with zero attached hydrogens (tertiary/aromatic N) is 1. The van der Waals surface area contributed by atoms with Gasteiger partial charge in [-0.25, -0.2) is 8.78 Å². The van der Waals surface area contributed by atoms with Gasteiger partial charge in [0.05, 0.1) is 0 Å². The number of carbonyl (C=O) groups excluding carboxylic acids is 1. The van der Waals surface area contributed by atoms with Crippen molar-refractivity contribution in [2.24, 2.45) is 17.8 Å². The summed E-state index contributed by atoms with van der Waals surface area (Å²) in [6.07, 6.45) is 1.48. The summed E-state index contributed by atoms with van der Waals surface area (Å²) in [5.41, 5.74) is 0. The molecule has 1 heterocycles. The summed E-state index contributed by atoms with van der Waals surface area (Å²) in [6, 6.07) is 0. The summed E-state index contributed by atoms with van der Waals surface area (Å²) < 4.78 is 24.6. The lowest BCUT2D eigenvalue weighted by Gasteiger charge is -2.30. The molecule has 110 valence electrons. The summed E-state index contributed by atoms with van der Waals surface area (Å²) in [7, 11) is 0. The molecule has 1 aliphatic heterocycles. The molecule has 1 saturated carbocycles. The van der Waals surface area contributed by atoms with E-state index in [0.717, 1.165) is 32.0 Å². The molecule has 3 nitrogen and oxygen atoms in total. The lowest BCUT2D eigenvalue weighted by atomic mass is 10.0. The van der Waals surface area contributed by atoms with E-state index >= 15 is 0 Å². The molecule has 1 amide bonds. The molecular formula is C14H24F2N2O. The Morgan fingerprint density at radius 3 is 2.89 bits per heavy atom. The number of hydrogen-bond acceptors (Lipinski definition) is 2. The molecule has 0 aromatic heterocycles. The molecule has 2 rings (SSSR count). The van der Waals surface area contributed by atoms with E-state index in [0.29, 0.717) is 13.0 Å². The summed E-state index contributed by atoms with van der Waals surface area (Å²) in [4.78, 5) is 14.0. The van der Waals surface area contributed by atoms with Gasteiger partial charge in [0, 0.05) is 24.9 Å². The van der Waals surface area contributed by atoms with Gasteiger partial charge in [-0.1, -0.05) is 6.92 Å². The number of hydrogen-bond donors (Lipinski definition) is 1. The largest absolute Gasteiger partial charge is 0.356 e. The summed E-state index contributed by atoms with van der Waals surface area (Å²) in [5.74, 6) is -0.545. The number of piperidine rings is 1. The highest BCUT2D eigenvalue weighted by Gasteiger charge is 2.48. The van der Waals surface area contributed by atoms with Crippen LogP contribution in [-0.4, -0.2) is 43.4 Å². The first-order valence-electron chi connectivity index (χ1n) is 7.36. The molecule has 0 aromatic rings. The first kappa shape index (κ1) is 14.7. The lowest BCUT2D eigenvalue weighted by molar-refractivity contribution is -0.123. The van der Waals surface area contributed by atoms with Crippen molar-refractivity contribution in [3.05, 3.63) is 0 Å². The smallest absolute Gasteiger partial charge is 0.242 e. The van der Waals surface area contributed by atoms with Crippen molar-refractivity contribution in [3.8, 4) is 0 Å². The fourth-order valence-corrected chi connectivity index (χ4v) is 2.93. The molecule has 19 heavy (non-hydrogen) atoms. The second-order valence-electron chi connectivity index (χ2n) is 6.03. The molecule has 3 atom stereocenters. The fourth-order valence-electron chi connectivity index (χ4n) is 2.93. The van der Waals surface area contributed by atoms with Gasteiger partial charge >= 0.3 is 0 Å². The average Bonchev–Trinajstić information content (AvgIpc) is 3.15. The minimum atomic E-state index is -2.34. The molecule has 0 spiro atoms. The highest BCUT2D eigenvalue weighted by molar-refractivity contribution is 5.81. The number of rotatable bonds is 6. The minimum absolute atomic E-state index is 0.183. The predicted octanol–water partition coefficient (Wildman–Crippen LogP) is 2.13. The van der Waals surface area contributed by atoms with Crippen molar-refractivity contribution >= 4 is 5.91 Å². The topological polar surface area (TPSA) is 32.3 Å². The Kier molecular flexibility index (Phi) is 5.13. The van der Waals surface area contributed by atoms with Crippen LogP contribution in [-0.2, 0) is 4.79 Å². The molecule has 5 heteroatoms. The van der Waals surface area contributed by atoms with Crippen LogP contribution in [0.5, 0.6) is 0 Å². The van der Waals surface area contributed by atoms with Crippen LogP contribution in [0.25, 0.3) is 0 Å². The zero-order valence-electron chi connectivity index (χ0n) is 11.6. The van der Waals surface area contributed by atoms with Gasteiger partial charge in [0.2, 0.25) is 12.3 Å². The van der Waals surface area contributed by atoms with Crippen LogP contribution in [0.1, 0.15) is 32.6 Å². The molecule has 1 saturated heterocycles. The highest BCUT2D eigenvalue weighted by Crippen LogP contribution is 2.43. The van der Waals surface area contributed by atoms with Gasteiger partial charge in [0.15, 0.2) is 0 Å². The van der Waals surface area contributed by atoms with Gasteiger partial charge in [-0.05, 0) is 44.7 Å². The summed E-state index contributed by atoms with van der Waals surface area (Å²) in [6.45, 7) is 6.16. The Morgan fingerprint density at radius 2 is 2.26 bits per heavy atom. The quantitative estimate of drug-likeness (QED) is 0.753. The third-order valence-corrected chi connectivity index (χ3v) is 4.19. The van der Waals surface area contributed by atoms with E-state index in [9.17, 15) is 13.6 Å². The molecule has 2 aliphatic rings. The predicted molar refractivity (Wildman–Crippen MR) is 70.1 cm³/mol. The molecule has 1 N–H and O–H groups in total. The van der Waals surface area contributed by atoms with Crippen LogP contribution in [0.4, 0.5) is 8.78 Å². The van der Waals surface area contributed by atoms with E-state index in [1.807, 2.05) is 0 Å². The summed E-state index contributed by atoms with van der Waals surface area (Å²) in [5, 5.41) is 2.78. The van der Waals surface area contributed by atoms with E-state index in [1.54, 1.807) is 0 Å². The Morgan fingerprint density at radius 1 is 1.47 bits per heavy atom. The molecule has 0 unspecified atom stereocenters. The van der Waals surface area contributed by atoms with Crippen LogP contribution in [0.3, 0.4) is 0 Å². The monoisotopic (exact) mass is 274 g/mol. The van der Waals surface area contributed by atoms with Gasteiger partial charge in [-0.2, -0.15) is 0 Å². The molecule has 0 bridgehead atoms. The SMILES string of the molecule is C[C@@H]1CCCN(CCCNC(=O)[C@H]2C[C@@H]2C(F)F)C1. The Labute approximate surface area is 113 Å². The zero-order chi connectivity index (χ0) is 13.8. The van der Waals surface area contributed by atoms with E-state index in [-0.39, 0.29) is 5.91 Å². The average molecular weight is 274 g/mol. The summed E-state index contributed by atoms with van der Waals surface area (Å²) >= 11 is 0. The van der Waals surface area contributed by atoms with Crippen LogP contribution in [0.2, 0.25) is 0 Å². The van der Waals surface area contributed by atoms with E-state index in [1.165, 1.54) is 12.8 Å². The highest BCUT2D eigenvalue weighted by atomic mass is 19.3. The number of nitrogens with one attached hydrogen (secondary N) is 1. The maximum atomic E-state index is 12.3. The van der Waals surface area contributed by atoms with Crippen LogP contribution < -0.4 is 5.32 Å². The normalized spacial score (nSPS) is 31.5. The molecule has 0 radical (unpaired) electrons. The molecule has 1 aliphatic carbocycles. The maximum absolute atomic E-state index is 12.3.